The topological polar surface area (TPSA) is 126 Å². The van der Waals surface area contributed by atoms with Crippen LogP contribution in [0.25, 0.3) is 0 Å². The van der Waals surface area contributed by atoms with Crippen LogP contribution in [-0.2, 0) is 35.1 Å². The Morgan fingerprint density at radius 2 is 1.61 bits per heavy atom. The van der Waals surface area contributed by atoms with Crippen LogP contribution in [-0.4, -0.2) is 54.5 Å². The van der Waals surface area contributed by atoms with Crippen molar-refractivity contribution in [3.8, 4) is 11.8 Å². The van der Waals surface area contributed by atoms with Crippen LogP contribution in [0.4, 0.5) is 4.79 Å². The predicted molar refractivity (Wildman–Crippen MR) is 136 cm³/mol. The van der Waals surface area contributed by atoms with E-state index in [1.807, 2.05) is 31.2 Å². The van der Waals surface area contributed by atoms with Crippen LogP contribution < -0.4 is 11.1 Å². The van der Waals surface area contributed by atoms with Crippen molar-refractivity contribution in [3.05, 3.63) is 35.4 Å². The molecule has 0 unspecified atom stereocenters. The number of amides is 2. The van der Waals surface area contributed by atoms with Gasteiger partial charge >= 0.3 is 12.1 Å². The van der Waals surface area contributed by atoms with Crippen molar-refractivity contribution < 1.29 is 33.3 Å². The predicted octanol–water partition coefficient (Wildman–Crippen LogP) is 3.46. The molecule has 0 aliphatic heterocycles. The highest BCUT2D eigenvalue weighted by atomic mass is 16.6. The Kier molecular flexibility index (Phi) is 12.4. The van der Waals surface area contributed by atoms with Crippen molar-refractivity contribution >= 4 is 18.0 Å². The van der Waals surface area contributed by atoms with Crippen molar-refractivity contribution in [1.29, 1.82) is 0 Å². The molecule has 0 radical (unpaired) electrons. The Morgan fingerprint density at radius 3 is 2.17 bits per heavy atom. The highest BCUT2D eigenvalue weighted by Crippen LogP contribution is 2.13. The molecule has 0 bridgehead atoms. The summed E-state index contributed by atoms with van der Waals surface area (Å²) in [5.41, 5.74) is 5.79. The van der Waals surface area contributed by atoms with Gasteiger partial charge in [0.2, 0.25) is 5.91 Å². The fraction of sp³-hybridized carbons (Fsp3) is 0.593. The molecule has 0 aliphatic rings. The molecule has 1 rings (SSSR count). The second kappa shape index (κ2) is 14.5. The van der Waals surface area contributed by atoms with E-state index in [-0.39, 0.29) is 19.6 Å². The third-order valence-corrected chi connectivity index (χ3v) is 4.48. The van der Waals surface area contributed by atoms with Crippen LogP contribution in [0.15, 0.2) is 24.3 Å². The van der Waals surface area contributed by atoms with Gasteiger partial charge in [0.25, 0.3) is 0 Å². The quantitative estimate of drug-likeness (QED) is 0.268. The summed E-state index contributed by atoms with van der Waals surface area (Å²) in [5, 5.41) is 2.77. The van der Waals surface area contributed by atoms with Gasteiger partial charge < -0.3 is 30.0 Å². The van der Waals surface area contributed by atoms with Crippen molar-refractivity contribution in [3.63, 3.8) is 0 Å². The Bertz CT molecular complexity index is 919. The molecule has 36 heavy (non-hydrogen) atoms. The number of esters is 1. The van der Waals surface area contributed by atoms with E-state index in [1.165, 1.54) is 0 Å². The summed E-state index contributed by atoms with van der Waals surface area (Å²) >= 11 is 0. The molecule has 3 N–H and O–H groups in total. The SMILES string of the molecule is C[C@@H](OCc1ccc(C#CCOCC(=O)OC(C)(C)C)cc1)[C@H](CCC(N)=O)NC(=O)OC(C)(C)C. The molecule has 2 amide bonds. The van der Waals surface area contributed by atoms with Gasteiger partial charge in [0.15, 0.2) is 0 Å². The fourth-order valence-corrected chi connectivity index (χ4v) is 2.90. The van der Waals surface area contributed by atoms with Gasteiger partial charge in [0.1, 0.15) is 24.4 Å². The highest BCUT2D eigenvalue weighted by molar-refractivity contribution is 5.74. The maximum Gasteiger partial charge on any atom is 0.407 e. The number of alkyl carbamates (subject to hydrolysis) is 1. The third-order valence-electron chi connectivity index (χ3n) is 4.48. The van der Waals surface area contributed by atoms with E-state index in [2.05, 4.69) is 17.2 Å². The third kappa shape index (κ3) is 15.0. The number of hydrogen-bond acceptors (Lipinski definition) is 7. The van der Waals surface area contributed by atoms with Gasteiger partial charge in [-0.25, -0.2) is 9.59 Å². The van der Waals surface area contributed by atoms with E-state index in [1.54, 1.807) is 41.5 Å². The summed E-state index contributed by atoms with van der Waals surface area (Å²) in [5.74, 6) is 4.95. The van der Waals surface area contributed by atoms with E-state index >= 15 is 0 Å². The number of nitrogens with one attached hydrogen (secondary N) is 1. The zero-order valence-electron chi connectivity index (χ0n) is 22.4. The van der Waals surface area contributed by atoms with Crippen molar-refractivity contribution in [2.75, 3.05) is 13.2 Å². The van der Waals surface area contributed by atoms with Crippen LogP contribution in [0.3, 0.4) is 0 Å². The van der Waals surface area contributed by atoms with Gasteiger partial charge in [-0.3, -0.25) is 4.79 Å². The lowest BCUT2D eigenvalue weighted by atomic mass is 10.1. The fourth-order valence-electron chi connectivity index (χ4n) is 2.90. The van der Waals surface area contributed by atoms with E-state index < -0.39 is 41.3 Å². The van der Waals surface area contributed by atoms with Crippen molar-refractivity contribution in [2.24, 2.45) is 5.73 Å². The summed E-state index contributed by atoms with van der Waals surface area (Å²) in [4.78, 5) is 35.0. The number of ether oxygens (including phenoxy) is 4. The lowest BCUT2D eigenvalue weighted by molar-refractivity contribution is -0.159. The molecule has 0 saturated heterocycles. The average Bonchev–Trinajstić information content (AvgIpc) is 2.73. The maximum atomic E-state index is 12.2. The molecule has 9 heteroatoms. The van der Waals surface area contributed by atoms with Gasteiger partial charge in [0, 0.05) is 12.0 Å². The Hall–Kier alpha value is -3.09. The minimum absolute atomic E-state index is 0.110. The molecule has 0 heterocycles. The first kappa shape index (κ1) is 30.9. The first-order valence-electron chi connectivity index (χ1n) is 11.9. The summed E-state index contributed by atoms with van der Waals surface area (Å²) in [6, 6.07) is 7.04. The number of benzene rings is 1. The minimum atomic E-state index is -0.642. The van der Waals surface area contributed by atoms with Crippen molar-refractivity contribution in [1.82, 2.24) is 5.32 Å². The van der Waals surface area contributed by atoms with Gasteiger partial charge in [-0.05, 0) is 72.6 Å². The molecule has 1 aromatic carbocycles. The number of carbonyl (C=O) groups is 3. The summed E-state index contributed by atoms with van der Waals surface area (Å²) < 4.78 is 21.6. The molecule has 0 fully saturated rings. The molecule has 0 aliphatic carbocycles. The second-order valence-electron chi connectivity index (χ2n) is 10.4. The van der Waals surface area contributed by atoms with Gasteiger partial charge in [-0.2, -0.15) is 0 Å². The molecule has 0 saturated carbocycles. The molecule has 0 aromatic heterocycles. The number of nitrogens with two attached hydrogens (primary N) is 1. The molecule has 200 valence electrons. The van der Waals surface area contributed by atoms with Crippen molar-refractivity contribution in [2.45, 2.75) is 91.3 Å². The smallest absolute Gasteiger partial charge is 0.407 e. The molecular formula is C27H40N2O7. The maximum absolute atomic E-state index is 12.2. The largest absolute Gasteiger partial charge is 0.458 e. The van der Waals surface area contributed by atoms with E-state index in [9.17, 15) is 14.4 Å². The van der Waals surface area contributed by atoms with Crippen LogP contribution in [0, 0.1) is 11.8 Å². The van der Waals surface area contributed by atoms with Crippen LogP contribution in [0.5, 0.6) is 0 Å². The lowest BCUT2D eigenvalue weighted by Gasteiger charge is -2.27. The average molecular weight is 505 g/mol. The lowest BCUT2D eigenvalue weighted by Crippen LogP contribution is -2.45. The molecule has 9 nitrogen and oxygen atoms in total. The monoisotopic (exact) mass is 504 g/mol. The van der Waals surface area contributed by atoms with E-state index in [0.29, 0.717) is 13.0 Å². The Labute approximate surface area is 214 Å². The number of hydrogen-bond donors (Lipinski definition) is 2. The Balaban J connectivity index is 2.56. The minimum Gasteiger partial charge on any atom is -0.458 e. The van der Waals surface area contributed by atoms with Gasteiger partial charge in [-0.1, -0.05) is 24.0 Å². The summed E-state index contributed by atoms with van der Waals surface area (Å²) in [6.07, 6.45) is -0.521. The molecular weight excluding hydrogens is 464 g/mol. The number of carbonyl (C=O) groups excluding carboxylic acids is 3. The molecule has 0 spiro atoms. The van der Waals surface area contributed by atoms with Crippen LogP contribution >= 0.6 is 0 Å². The standard InChI is InChI=1S/C27H40N2O7/c1-19(22(14-15-23(28)30)29-25(32)36-27(5,6)7)34-17-21-12-10-20(11-13-21)9-8-16-33-18-24(31)35-26(2,3)4/h10-13,19,22H,14-18H2,1-7H3,(H2,28,30)(H,29,32)/t19-,22+/m1/s1. The molecule has 1 aromatic rings. The zero-order valence-corrected chi connectivity index (χ0v) is 22.4. The highest BCUT2D eigenvalue weighted by Gasteiger charge is 2.24. The van der Waals surface area contributed by atoms with Gasteiger partial charge in [-0.15, -0.1) is 0 Å². The van der Waals surface area contributed by atoms with E-state index in [4.69, 9.17) is 24.7 Å². The number of rotatable bonds is 11. The number of primary amides is 1. The van der Waals surface area contributed by atoms with Crippen LogP contribution in [0.2, 0.25) is 0 Å². The van der Waals surface area contributed by atoms with Crippen LogP contribution in [0.1, 0.15) is 72.4 Å². The zero-order chi connectivity index (χ0) is 27.4. The second-order valence-corrected chi connectivity index (χ2v) is 10.4. The van der Waals surface area contributed by atoms with Gasteiger partial charge in [0.05, 0.1) is 18.8 Å². The summed E-state index contributed by atoms with van der Waals surface area (Å²) in [6.45, 7) is 12.8. The Morgan fingerprint density at radius 1 is 1.00 bits per heavy atom. The first-order chi connectivity index (χ1) is 16.6. The normalized spacial score (nSPS) is 13.1. The van der Waals surface area contributed by atoms with E-state index in [0.717, 1.165) is 11.1 Å². The summed E-state index contributed by atoms with van der Waals surface area (Å²) in [7, 11) is 0. The molecule has 2 atom stereocenters. The first-order valence-corrected chi connectivity index (χ1v) is 11.9.